The van der Waals surface area contributed by atoms with Crippen molar-refractivity contribution in [1.29, 1.82) is 0 Å². The van der Waals surface area contributed by atoms with Crippen LogP contribution in [0.15, 0.2) is 6.20 Å². The van der Waals surface area contributed by atoms with E-state index in [9.17, 15) is 4.79 Å². The van der Waals surface area contributed by atoms with Crippen LogP contribution in [0.1, 0.15) is 44.0 Å². The molecular weight excluding hydrogens is 204 g/mol. The summed E-state index contributed by atoms with van der Waals surface area (Å²) in [4.78, 5) is 11.1. The monoisotopic (exact) mass is 222 g/mol. The lowest BCUT2D eigenvalue weighted by Gasteiger charge is -2.14. The Balaban J connectivity index is 2.32. The molecule has 0 saturated carbocycles. The molecule has 0 radical (unpaired) electrons. The number of aromatic nitrogens is 2. The molecule has 4 nitrogen and oxygen atoms in total. The normalized spacial score (nSPS) is 20.6. The molecule has 0 aliphatic heterocycles. The number of nitrogens with zero attached hydrogens (tertiary/aromatic N) is 2. The van der Waals surface area contributed by atoms with Gasteiger partial charge in [0.1, 0.15) is 0 Å². The molecule has 0 fully saturated rings. The first kappa shape index (κ1) is 11.2. The fourth-order valence-electron chi connectivity index (χ4n) is 2.39. The molecule has 0 spiro atoms. The molecule has 1 N–H and O–H groups in total. The molecule has 16 heavy (non-hydrogen) atoms. The second-order valence-electron chi connectivity index (χ2n) is 4.79. The predicted octanol–water partition coefficient (Wildman–Crippen LogP) is 2.04. The number of rotatable bonds is 2. The highest BCUT2D eigenvalue weighted by atomic mass is 16.4. The third-order valence-electron chi connectivity index (χ3n) is 3.26. The Morgan fingerprint density at radius 1 is 1.62 bits per heavy atom. The molecule has 1 heterocycles. The number of hydrogen-bond donors (Lipinski definition) is 1. The average Bonchev–Trinajstić information content (AvgIpc) is 2.48. The maximum absolute atomic E-state index is 11.1. The Morgan fingerprint density at radius 2 is 2.38 bits per heavy atom. The van der Waals surface area contributed by atoms with Gasteiger partial charge in [0.25, 0.3) is 0 Å². The van der Waals surface area contributed by atoms with Crippen molar-refractivity contribution in [2.45, 2.75) is 45.6 Å². The molecule has 0 saturated heterocycles. The lowest BCUT2D eigenvalue weighted by Crippen LogP contribution is -2.18. The summed E-state index contributed by atoms with van der Waals surface area (Å²) >= 11 is 0. The van der Waals surface area contributed by atoms with Crippen LogP contribution in [0.5, 0.6) is 0 Å². The first-order chi connectivity index (χ1) is 7.59. The molecule has 1 aromatic heterocycles. The second kappa shape index (κ2) is 4.28. The Kier molecular flexibility index (Phi) is 2.99. The summed E-state index contributed by atoms with van der Waals surface area (Å²) in [7, 11) is 0. The number of aryl methyl sites for hydroxylation is 1. The fourth-order valence-corrected chi connectivity index (χ4v) is 2.39. The van der Waals surface area contributed by atoms with Gasteiger partial charge in [-0.25, -0.2) is 0 Å². The van der Waals surface area contributed by atoms with Crippen LogP contribution in [0.2, 0.25) is 0 Å². The van der Waals surface area contributed by atoms with Gasteiger partial charge in [0.05, 0.1) is 12.1 Å². The zero-order valence-electron chi connectivity index (χ0n) is 9.81. The Bertz CT molecular complexity index is 396. The lowest BCUT2D eigenvalue weighted by atomic mass is 10.0. The summed E-state index contributed by atoms with van der Waals surface area (Å²) in [5.41, 5.74) is 2.36. The van der Waals surface area contributed by atoms with E-state index in [2.05, 4.69) is 18.9 Å². The maximum Gasteiger partial charge on any atom is 0.306 e. The zero-order valence-corrected chi connectivity index (χ0v) is 9.81. The first-order valence-electron chi connectivity index (χ1n) is 5.87. The van der Waals surface area contributed by atoms with E-state index in [0.29, 0.717) is 12.5 Å². The van der Waals surface area contributed by atoms with Crippen molar-refractivity contribution in [1.82, 2.24) is 9.78 Å². The minimum atomic E-state index is -0.677. The van der Waals surface area contributed by atoms with Gasteiger partial charge < -0.3 is 5.11 Å². The third kappa shape index (κ3) is 1.96. The molecular formula is C12H18N2O2. The molecule has 1 aromatic rings. The van der Waals surface area contributed by atoms with Gasteiger partial charge in [-0.1, -0.05) is 0 Å². The lowest BCUT2D eigenvalue weighted by molar-refractivity contribution is -0.141. The van der Waals surface area contributed by atoms with Crippen molar-refractivity contribution in [3.63, 3.8) is 0 Å². The highest BCUT2D eigenvalue weighted by molar-refractivity contribution is 5.70. The van der Waals surface area contributed by atoms with Crippen molar-refractivity contribution in [3.05, 3.63) is 17.5 Å². The summed E-state index contributed by atoms with van der Waals surface area (Å²) in [5.74, 6) is -0.917. The smallest absolute Gasteiger partial charge is 0.306 e. The number of carboxylic acid groups (broad SMARTS) is 1. The Hall–Kier alpha value is -1.32. The molecule has 4 heteroatoms. The van der Waals surface area contributed by atoms with Gasteiger partial charge in [-0.3, -0.25) is 9.48 Å². The van der Waals surface area contributed by atoms with E-state index in [1.165, 1.54) is 5.56 Å². The van der Waals surface area contributed by atoms with Crippen LogP contribution in [0.25, 0.3) is 0 Å². The highest BCUT2D eigenvalue weighted by Crippen LogP contribution is 2.26. The molecule has 1 atom stereocenters. The molecule has 0 amide bonds. The van der Waals surface area contributed by atoms with Gasteiger partial charge >= 0.3 is 5.97 Å². The Labute approximate surface area is 95.3 Å². The van der Waals surface area contributed by atoms with Gasteiger partial charge in [0, 0.05) is 18.2 Å². The number of fused-ring (bicyclic) bond motifs is 1. The molecule has 88 valence electrons. The molecule has 1 aliphatic rings. The molecule has 1 aliphatic carbocycles. The average molecular weight is 222 g/mol. The van der Waals surface area contributed by atoms with Crippen LogP contribution < -0.4 is 0 Å². The second-order valence-corrected chi connectivity index (χ2v) is 4.79. The van der Waals surface area contributed by atoms with E-state index in [4.69, 9.17) is 5.11 Å². The van der Waals surface area contributed by atoms with E-state index in [0.717, 1.165) is 25.0 Å². The summed E-state index contributed by atoms with van der Waals surface area (Å²) in [6.45, 7) is 4.15. The summed E-state index contributed by atoms with van der Waals surface area (Å²) < 4.78 is 1.97. The number of hydrogen-bond acceptors (Lipinski definition) is 2. The maximum atomic E-state index is 11.1. The minimum Gasteiger partial charge on any atom is -0.481 e. The van der Waals surface area contributed by atoms with E-state index >= 15 is 0 Å². The van der Waals surface area contributed by atoms with Crippen molar-refractivity contribution >= 4 is 5.97 Å². The number of carbonyl (C=O) groups is 1. The largest absolute Gasteiger partial charge is 0.481 e. The third-order valence-corrected chi connectivity index (χ3v) is 3.26. The van der Waals surface area contributed by atoms with Gasteiger partial charge in [0.2, 0.25) is 0 Å². The van der Waals surface area contributed by atoms with Crippen molar-refractivity contribution in [3.8, 4) is 0 Å². The summed E-state index contributed by atoms with van der Waals surface area (Å²) in [5, 5.41) is 13.5. The zero-order chi connectivity index (χ0) is 11.7. The van der Waals surface area contributed by atoms with Crippen molar-refractivity contribution in [2.75, 3.05) is 0 Å². The molecule has 0 unspecified atom stereocenters. The first-order valence-corrected chi connectivity index (χ1v) is 5.87. The van der Waals surface area contributed by atoms with Crippen LogP contribution in [-0.4, -0.2) is 20.9 Å². The van der Waals surface area contributed by atoms with E-state index in [1.807, 2.05) is 10.9 Å². The SMILES string of the molecule is CC(C)n1ncc2c1C[C@@H](C(=O)O)CCC2. The summed E-state index contributed by atoms with van der Waals surface area (Å²) in [6, 6.07) is 0.302. The topological polar surface area (TPSA) is 55.1 Å². The number of aliphatic carboxylic acids is 1. The Morgan fingerprint density at radius 3 is 3.00 bits per heavy atom. The van der Waals surface area contributed by atoms with Crippen LogP contribution in [-0.2, 0) is 17.6 Å². The number of carboxylic acids is 1. The fraction of sp³-hybridized carbons (Fsp3) is 0.667. The quantitative estimate of drug-likeness (QED) is 0.779. The molecule has 2 rings (SSSR count). The van der Waals surface area contributed by atoms with E-state index < -0.39 is 5.97 Å². The molecule has 0 aromatic carbocycles. The van der Waals surface area contributed by atoms with Gasteiger partial charge in [-0.05, 0) is 38.7 Å². The summed E-state index contributed by atoms with van der Waals surface area (Å²) in [6.07, 6.45) is 5.23. The predicted molar refractivity (Wildman–Crippen MR) is 60.4 cm³/mol. The van der Waals surface area contributed by atoms with Crippen LogP contribution in [0.3, 0.4) is 0 Å². The van der Waals surface area contributed by atoms with Crippen molar-refractivity contribution < 1.29 is 9.90 Å². The highest BCUT2D eigenvalue weighted by Gasteiger charge is 2.25. The van der Waals surface area contributed by atoms with Gasteiger partial charge in [-0.15, -0.1) is 0 Å². The van der Waals surface area contributed by atoms with Crippen LogP contribution in [0, 0.1) is 5.92 Å². The van der Waals surface area contributed by atoms with Gasteiger partial charge in [0.15, 0.2) is 0 Å². The van der Waals surface area contributed by atoms with E-state index in [-0.39, 0.29) is 5.92 Å². The van der Waals surface area contributed by atoms with Crippen LogP contribution >= 0.6 is 0 Å². The van der Waals surface area contributed by atoms with Crippen LogP contribution in [0.4, 0.5) is 0 Å². The van der Waals surface area contributed by atoms with E-state index in [1.54, 1.807) is 0 Å². The minimum absolute atomic E-state index is 0.240. The molecule has 0 bridgehead atoms. The van der Waals surface area contributed by atoms with Gasteiger partial charge in [-0.2, -0.15) is 5.10 Å². The standard InChI is InChI=1S/C12H18N2O2/c1-8(2)14-11-6-9(12(15)16)4-3-5-10(11)7-13-14/h7-9H,3-6H2,1-2H3,(H,15,16)/t9-/m0/s1. The van der Waals surface area contributed by atoms with Crippen molar-refractivity contribution in [2.24, 2.45) is 5.92 Å².